The minimum atomic E-state index is -0.958. The van der Waals surface area contributed by atoms with Gasteiger partial charge in [0.25, 0.3) is 5.91 Å². The van der Waals surface area contributed by atoms with Gasteiger partial charge in [-0.15, -0.1) is 10.2 Å². The zero-order valence-electron chi connectivity index (χ0n) is 23.0. The van der Waals surface area contributed by atoms with Crippen molar-refractivity contribution in [2.24, 2.45) is 0 Å². The number of ketones is 1. The Hall–Kier alpha value is -4.12. The molecule has 6 rings (SSSR count). The van der Waals surface area contributed by atoms with E-state index in [2.05, 4.69) is 17.1 Å². The number of anilines is 1. The van der Waals surface area contributed by atoms with Crippen molar-refractivity contribution in [3.8, 4) is 5.75 Å². The van der Waals surface area contributed by atoms with Crippen LogP contribution >= 0.6 is 34.7 Å². The maximum absolute atomic E-state index is 13.9. The second-order valence-electron chi connectivity index (χ2n) is 9.85. The lowest BCUT2D eigenvalue weighted by molar-refractivity contribution is -0.117. The Morgan fingerprint density at radius 1 is 1.09 bits per heavy atom. The molecule has 1 N–H and O–H groups in total. The molecule has 1 atom stereocenters. The molecule has 0 unspecified atom stereocenters. The third-order valence-electron chi connectivity index (χ3n) is 6.94. The lowest BCUT2D eigenvalue weighted by Crippen LogP contribution is -2.31. The number of furan rings is 1. The Morgan fingerprint density at radius 3 is 2.60 bits per heavy atom. The van der Waals surface area contributed by atoms with Gasteiger partial charge in [-0.25, -0.2) is 0 Å². The molecule has 0 radical (unpaired) electrons. The van der Waals surface area contributed by atoms with Gasteiger partial charge in [-0.3, -0.25) is 14.5 Å². The summed E-state index contributed by atoms with van der Waals surface area (Å²) >= 11 is 8.67. The molecule has 1 amide bonds. The van der Waals surface area contributed by atoms with Crippen molar-refractivity contribution < 1.29 is 23.8 Å². The van der Waals surface area contributed by atoms with Crippen LogP contribution in [0.1, 0.15) is 47.5 Å². The van der Waals surface area contributed by atoms with Crippen LogP contribution < -0.4 is 9.64 Å². The summed E-state index contributed by atoms with van der Waals surface area (Å²) in [5.41, 5.74) is 2.10. The van der Waals surface area contributed by atoms with E-state index in [0.29, 0.717) is 38.6 Å². The van der Waals surface area contributed by atoms with Crippen LogP contribution in [0.4, 0.5) is 5.13 Å². The van der Waals surface area contributed by atoms with Crippen molar-refractivity contribution in [3.63, 3.8) is 0 Å². The van der Waals surface area contributed by atoms with E-state index in [1.54, 1.807) is 36.4 Å². The highest BCUT2D eigenvalue weighted by Gasteiger charge is 2.46. The van der Waals surface area contributed by atoms with E-state index in [4.69, 9.17) is 20.8 Å². The van der Waals surface area contributed by atoms with Gasteiger partial charge in [-0.2, -0.15) is 0 Å². The van der Waals surface area contributed by atoms with E-state index in [-0.39, 0.29) is 16.5 Å². The number of Topliss-reactive ketones (excluding diaryl/α,β-unsaturated/α-hetero) is 1. The molecule has 218 valence electrons. The predicted octanol–water partition coefficient (Wildman–Crippen LogP) is 8.19. The van der Waals surface area contributed by atoms with Crippen LogP contribution in [-0.2, 0) is 10.5 Å². The topological polar surface area (TPSA) is 106 Å². The summed E-state index contributed by atoms with van der Waals surface area (Å²) in [7, 11) is 0. The second-order valence-corrected chi connectivity index (χ2v) is 12.5. The number of carbonyl (C=O) groups is 2. The van der Waals surface area contributed by atoms with Gasteiger partial charge in [0.15, 0.2) is 15.9 Å². The summed E-state index contributed by atoms with van der Waals surface area (Å²) in [6.07, 6.45) is 1.94. The SMILES string of the molecule is CCCCOc1ccc([C@H]2C(C(=O)c3cc4ccccc4o3)=C(O)C(=O)N2c2nnc(SCc3ccc(Cl)cc3)s2)cc1. The lowest BCUT2D eigenvalue weighted by atomic mass is 9.95. The molecule has 0 saturated heterocycles. The molecule has 0 saturated carbocycles. The number of carbonyl (C=O) groups excluding carboxylic acids is 2. The number of hydrogen-bond donors (Lipinski definition) is 1. The smallest absolute Gasteiger partial charge is 0.296 e. The van der Waals surface area contributed by atoms with Gasteiger partial charge in [0, 0.05) is 16.2 Å². The van der Waals surface area contributed by atoms with Crippen molar-refractivity contribution >= 4 is 62.5 Å². The van der Waals surface area contributed by atoms with Gasteiger partial charge < -0.3 is 14.3 Å². The van der Waals surface area contributed by atoms with Crippen LogP contribution in [0.2, 0.25) is 5.02 Å². The van der Waals surface area contributed by atoms with Crippen molar-refractivity contribution in [2.75, 3.05) is 11.5 Å². The molecule has 1 aliphatic heterocycles. The molecule has 0 spiro atoms. The molecular weight excluding hydrogens is 606 g/mol. The number of ether oxygens (including phenoxy) is 1. The number of rotatable bonds is 11. The number of thioether (sulfide) groups is 1. The van der Waals surface area contributed by atoms with Gasteiger partial charge in [0.1, 0.15) is 11.3 Å². The van der Waals surface area contributed by atoms with Crippen LogP contribution in [-0.4, -0.2) is 33.6 Å². The number of hydrogen-bond acceptors (Lipinski definition) is 9. The zero-order valence-corrected chi connectivity index (χ0v) is 25.4. The van der Waals surface area contributed by atoms with E-state index in [1.807, 2.05) is 42.5 Å². The normalized spacial score (nSPS) is 15.1. The third-order valence-corrected chi connectivity index (χ3v) is 9.32. The molecule has 0 bridgehead atoms. The first-order valence-electron chi connectivity index (χ1n) is 13.7. The Morgan fingerprint density at radius 2 is 1.86 bits per heavy atom. The molecule has 8 nitrogen and oxygen atoms in total. The Labute approximate surface area is 260 Å². The van der Waals surface area contributed by atoms with E-state index in [1.165, 1.54) is 28.0 Å². The van der Waals surface area contributed by atoms with Crippen molar-refractivity contribution in [2.45, 2.75) is 35.9 Å². The Balaban J connectivity index is 1.33. The van der Waals surface area contributed by atoms with Crippen LogP contribution in [0.15, 0.2) is 99.0 Å². The number of amides is 1. The van der Waals surface area contributed by atoms with Crippen LogP contribution in [0.25, 0.3) is 11.0 Å². The number of aliphatic hydroxyl groups excluding tert-OH is 1. The maximum atomic E-state index is 13.9. The monoisotopic (exact) mass is 631 g/mol. The van der Waals surface area contributed by atoms with Crippen molar-refractivity contribution in [3.05, 3.63) is 112 Å². The molecule has 3 heterocycles. The molecule has 1 aliphatic rings. The lowest BCUT2D eigenvalue weighted by Gasteiger charge is -2.24. The number of para-hydroxylation sites is 1. The molecule has 43 heavy (non-hydrogen) atoms. The predicted molar refractivity (Wildman–Crippen MR) is 168 cm³/mol. The summed E-state index contributed by atoms with van der Waals surface area (Å²) in [6.45, 7) is 2.67. The van der Waals surface area contributed by atoms with Crippen LogP contribution in [0.5, 0.6) is 5.75 Å². The number of fused-ring (bicyclic) bond motifs is 1. The largest absolute Gasteiger partial charge is 0.503 e. The second kappa shape index (κ2) is 12.6. The zero-order chi connectivity index (χ0) is 29.9. The third kappa shape index (κ3) is 6.04. The Kier molecular flexibility index (Phi) is 8.51. The molecule has 0 aliphatic carbocycles. The number of aromatic nitrogens is 2. The first-order valence-corrected chi connectivity index (χ1v) is 15.8. The van der Waals surface area contributed by atoms with Crippen molar-refractivity contribution in [1.29, 1.82) is 0 Å². The van der Waals surface area contributed by atoms with E-state index < -0.39 is 23.5 Å². The van der Waals surface area contributed by atoms with Crippen LogP contribution in [0.3, 0.4) is 0 Å². The fraction of sp³-hybridized carbons (Fsp3) is 0.188. The van der Waals surface area contributed by atoms with Crippen molar-refractivity contribution in [1.82, 2.24) is 10.2 Å². The average Bonchev–Trinajstić information content (AvgIpc) is 3.73. The van der Waals surface area contributed by atoms with Gasteiger partial charge >= 0.3 is 0 Å². The summed E-state index contributed by atoms with van der Waals surface area (Å²) in [4.78, 5) is 28.8. The van der Waals surface area contributed by atoms with Gasteiger partial charge in [-0.05, 0) is 53.9 Å². The number of aliphatic hydroxyl groups is 1. The van der Waals surface area contributed by atoms with E-state index >= 15 is 0 Å². The highest BCUT2D eigenvalue weighted by molar-refractivity contribution is 8.00. The summed E-state index contributed by atoms with van der Waals surface area (Å²) in [6, 6.07) is 22.6. The quantitative estimate of drug-likeness (QED) is 0.0673. The summed E-state index contributed by atoms with van der Waals surface area (Å²) in [5, 5.41) is 21.4. The molecule has 3 aromatic carbocycles. The minimum Gasteiger partial charge on any atom is -0.503 e. The molecule has 0 fully saturated rings. The van der Waals surface area contributed by atoms with E-state index in [0.717, 1.165) is 23.8 Å². The number of benzene rings is 3. The first kappa shape index (κ1) is 29.0. The fourth-order valence-electron chi connectivity index (χ4n) is 4.74. The minimum absolute atomic E-state index is 0.0263. The molecule has 11 heteroatoms. The van der Waals surface area contributed by atoms with Gasteiger partial charge in [0.2, 0.25) is 10.9 Å². The van der Waals surface area contributed by atoms with Gasteiger partial charge in [-0.1, -0.05) is 90.5 Å². The number of halogens is 1. The standard InChI is InChI=1S/C32H26ClN3O5S2/c1-2-3-16-40-23-14-10-20(11-15-23)27-26(28(37)25-17-21-6-4-5-7-24(21)41-25)29(38)30(39)36(27)31-34-35-32(43-31)42-18-19-8-12-22(33)13-9-19/h4-15,17,27,38H,2-3,16,18H2,1H3/t27-/m0/s1. The van der Waals surface area contributed by atoms with Gasteiger partial charge in [0.05, 0.1) is 18.2 Å². The first-order chi connectivity index (χ1) is 20.9. The Bertz CT molecular complexity index is 1780. The average molecular weight is 632 g/mol. The fourth-order valence-corrected chi connectivity index (χ4v) is 6.69. The molecule has 2 aromatic heterocycles. The molecular formula is C32H26ClN3O5S2. The van der Waals surface area contributed by atoms with Crippen LogP contribution in [0, 0.1) is 0 Å². The van der Waals surface area contributed by atoms with E-state index in [9.17, 15) is 14.7 Å². The number of nitrogens with zero attached hydrogens (tertiary/aromatic N) is 3. The summed E-state index contributed by atoms with van der Waals surface area (Å²) in [5.74, 6) is -0.647. The number of unbranched alkanes of at least 4 members (excludes halogenated alkanes) is 1. The summed E-state index contributed by atoms with van der Waals surface area (Å²) < 4.78 is 12.3. The highest BCUT2D eigenvalue weighted by Crippen LogP contribution is 2.44. The highest BCUT2D eigenvalue weighted by atomic mass is 35.5. The molecule has 5 aromatic rings. The maximum Gasteiger partial charge on any atom is 0.296 e.